The third-order valence-electron chi connectivity index (χ3n) is 2.84. The maximum Gasteiger partial charge on any atom is 0.123 e. The predicted octanol–water partition coefficient (Wildman–Crippen LogP) is 3.63. The van der Waals surface area contributed by atoms with E-state index in [0.717, 1.165) is 30.5 Å². The summed E-state index contributed by atoms with van der Waals surface area (Å²) in [4.78, 5) is 0. The number of hydrogen-bond donors (Lipinski definition) is 1. The van der Waals surface area contributed by atoms with Crippen molar-refractivity contribution in [1.29, 1.82) is 0 Å². The molecule has 1 atom stereocenters. The van der Waals surface area contributed by atoms with Gasteiger partial charge in [0.25, 0.3) is 0 Å². The zero-order chi connectivity index (χ0) is 12.0. The van der Waals surface area contributed by atoms with Gasteiger partial charge in [-0.3, -0.25) is 0 Å². The molecule has 0 spiro atoms. The number of halogens is 2. The number of hydrogen-bond acceptors (Lipinski definition) is 1. The van der Waals surface area contributed by atoms with Crippen molar-refractivity contribution in [2.45, 2.75) is 39.3 Å². The molecule has 0 heterocycles. The minimum absolute atomic E-state index is 0.172. The van der Waals surface area contributed by atoms with Gasteiger partial charge in [0.1, 0.15) is 5.82 Å². The van der Waals surface area contributed by atoms with Crippen LogP contribution in [0.15, 0.2) is 18.2 Å². The Hall–Kier alpha value is -0.600. The first-order valence-electron chi connectivity index (χ1n) is 5.71. The van der Waals surface area contributed by atoms with Crippen molar-refractivity contribution in [3.8, 4) is 0 Å². The molecule has 0 aliphatic rings. The van der Waals surface area contributed by atoms with E-state index < -0.39 is 0 Å². The van der Waals surface area contributed by atoms with Crippen molar-refractivity contribution in [2.75, 3.05) is 5.88 Å². The molecule has 0 amide bonds. The molecule has 0 aromatic heterocycles. The Labute approximate surface area is 102 Å². The second-order valence-corrected chi connectivity index (χ2v) is 4.41. The molecular weight excluding hydrogens is 225 g/mol. The Balaban J connectivity index is 2.53. The number of alkyl halides is 1. The van der Waals surface area contributed by atoms with E-state index in [1.54, 1.807) is 6.07 Å². The first kappa shape index (κ1) is 13.5. The van der Waals surface area contributed by atoms with Crippen molar-refractivity contribution < 1.29 is 4.39 Å². The summed E-state index contributed by atoms with van der Waals surface area (Å²) in [6.07, 6.45) is 2.03. The summed E-state index contributed by atoms with van der Waals surface area (Å²) in [6, 6.07) is 5.36. The minimum atomic E-state index is -0.172. The fourth-order valence-corrected chi connectivity index (χ4v) is 1.96. The molecule has 0 aliphatic carbocycles. The van der Waals surface area contributed by atoms with E-state index in [1.807, 2.05) is 13.0 Å². The van der Waals surface area contributed by atoms with Crippen LogP contribution in [-0.4, -0.2) is 11.9 Å². The molecule has 1 nitrogen and oxygen atoms in total. The standard InChI is InChI=1S/C13H19ClFN/c1-3-13(6-7-14)16-9-11-4-5-12(15)8-10(11)2/h4-5,8,13,16H,3,6-7,9H2,1-2H3. The quantitative estimate of drug-likeness (QED) is 0.753. The van der Waals surface area contributed by atoms with Crippen molar-refractivity contribution in [3.05, 3.63) is 35.1 Å². The van der Waals surface area contributed by atoms with Crippen LogP contribution in [0.1, 0.15) is 30.9 Å². The SMILES string of the molecule is CCC(CCCl)NCc1ccc(F)cc1C. The lowest BCUT2D eigenvalue weighted by atomic mass is 10.1. The highest BCUT2D eigenvalue weighted by molar-refractivity contribution is 6.17. The van der Waals surface area contributed by atoms with Crippen LogP contribution in [0, 0.1) is 12.7 Å². The van der Waals surface area contributed by atoms with Gasteiger partial charge in [-0.1, -0.05) is 13.0 Å². The molecule has 1 unspecified atom stereocenters. The predicted molar refractivity (Wildman–Crippen MR) is 67.4 cm³/mol. The fourth-order valence-electron chi connectivity index (χ4n) is 1.69. The summed E-state index contributed by atoms with van der Waals surface area (Å²) in [7, 11) is 0. The lowest BCUT2D eigenvalue weighted by Crippen LogP contribution is -2.28. The van der Waals surface area contributed by atoms with E-state index in [1.165, 1.54) is 6.07 Å². The van der Waals surface area contributed by atoms with Gasteiger partial charge >= 0.3 is 0 Å². The van der Waals surface area contributed by atoms with Crippen molar-refractivity contribution in [1.82, 2.24) is 5.32 Å². The van der Waals surface area contributed by atoms with Gasteiger partial charge in [0.15, 0.2) is 0 Å². The Kier molecular flexibility index (Phi) is 5.78. The molecule has 0 aliphatic heterocycles. The molecule has 0 fully saturated rings. The maximum atomic E-state index is 12.9. The second-order valence-electron chi connectivity index (χ2n) is 4.03. The van der Waals surface area contributed by atoms with E-state index in [4.69, 9.17) is 11.6 Å². The fraction of sp³-hybridized carbons (Fsp3) is 0.538. The molecule has 16 heavy (non-hydrogen) atoms. The Morgan fingerprint density at radius 2 is 2.19 bits per heavy atom. The van der Waals surface area contributed by atoms with Gasteiger partial charge in [0.05, 0.1) is 0 Å². The Morgan fingerprint density at radius 1 is 1.44 bits per heavy atom. The van der Waals surface area contributed by atoms with Gasteiger partial charge in [0.2, 0.25) is 0 Å². The molecule has 1 aromatic rings. The zero-order valence-electron chi connectivity index (χ0n) is 9.89. The third kappa shape index (κ3) is 4.11. The van der Waals surface area contributed by atoms with Crippen molar-refractivity contribution in [2.24, 2.45) is 0 Å². The first-order valence-corrected chi connectivity index (χ1v) is 6.25. The number of rotatable bonds is 6. The van der Waals surface area contributed by atoms with Gasteiger partial charge in [-0.25, -0.2) is 4.39 Å². The van der Waals surface area contributed by atoms with Crippen LogP contribution in [0.25, 0.3) is 0 Å². The summed E-state index contributed by atoms with van der Waals surface area (Å²) in [5.74, 6) is 0.502. The van der Waals surface area contributed by atoms with Gasteiger partial charge in [0, 0.05) is 18.5 Å². The van der Waals surface area contributed by atoms with Crippen molar-refractivity contribution >= 4 is 11.6 Å². The molecular formula is C13H19ClFN. The van der Waals surface area contributed by atoms with Crippen LogP contribution in [0.2, 0.25) is 0 Å². The zero-order valence-corrected chi connectivity index (χ0v) is 10.6. The molecule has 3 heteroatoms. The summed E-state index contributed by atoms with van der Waals surface area (Å²) in [5.41, 5.74) is 2.14. The topological polar surface area (TPSA) is 12.0 Å². The lowest BCUT2D eigenvalue weighted by Gasteiger charge is -2.16. The third-order valence-corrected chi connectivity index (χ3v) is 3.05. The number of benzene rings is 1. The average Bonchev–Trinajstić information content (AvgIpc) is 2.26. The van der Waals surface area contributed by atoms with Crippen molar-refractivity contribution in [3.63, 3.8) is 0 Å². The monoisotopic (exact) mass is 243 g/mol. The molecule has 1 N–H and O–H groups in total. The second kappa shape index (κ2) is 6.87. The number of aryl methyl sites for hydroxylation is 1. The van der Waals surface area contributed by atoms with E-state index in [2.05, 4.69) is 12.2 Å². The van der Waals surface area contributed by atoms with Gasteiger partial charge in [-0.2, -0.15) is 0 Å². The Morgan fingerprint density at radius 3 is 2.75 bits per heavy atom. The molecule has 1 aromatic carbocycles. The van der Waals surface area contributed by atoms with Gasteiger partial charge in [-0.05, 0) is 43.0 Å². The largest absolute Gasteiger partial charge is 0.310 e. The normalized spacial score (nSPS) is 12.8. The maximum absolute atomic E-state index is 12.9. The van der Waals surface area contributed by atoms with E-state index in [9.17, 15) is 4.39 Å². The summed E-state index contributed by atoms with van der Waals surface area (Å²) < 4.78 is 12.9. The highest BCUT2D eigenvalue weighted by atomic mass is 35.5. The summed E-state index contributed by atoms with van der Waals surface area (Å²) >= 11 is 5.72. The molecule has 0 saturated carbocycles. The first-order chi connectivity index (χ1) is 7.67. The molecule has 0 bridgehead atoms. The lowest BCUT2D eigenvalue weighted by molar-refractivity contribution is 0.485. The van der Waals surface area contributed by atoms with Crippen LogP contribution in [0.3, 0.4) is 0 Å². The average molecular weight is 244 g/mol. The summed E-state index contributed by atoms with van der Waals surface area (Å²) in [6.45, 7) is 4.85. The highest BCUT2D eigenvalue weighted by Crippen LogP contribution is 2.11. The highest BCUT2D eigenvalue weighted by Gasteiger charge is 2.06. The van der Waals surface area contributed by atoms with Crippen LogP contribution in [0.5, 0.6) is 0 Å². The van der Waals surface area contributed by atoms with Crippen LogP contribution in [-0.2, 0) is 6.54 Å². The Bertz CT molecular complexity index is 328. The molecule has 1 rings (SSSR count). The van der Waals surface area contributed by atoms with E-state index >= 15 is 0 Å². The van der Waals surface area contributed by atoms with Gasteiger partial charge < -0.3 is 5.32 Å². The van der Waals surface area contributed by atoms with E-state index in [-0.39, 0.29) is 5.82 Å². The molecule has 0 saturated heterocycles. The van der Waals surface area contributed by atoms with Crippen LogP contribution in [0.4, 0.5) is 4.39 Å². The van der Waals surface area contributed by atoms with Crippen LogP contribution < -0.4 is 5.32 Å². The minimum Gasteiger partial charge on any atom is -0.310 e. The van der Waals surface area contributed by atoms with Gasteiger partial charge in [-0.15, -0.1) is 11.6 Å². The van der Waals surface area contributed by atoms with E-state index in [0.29, 0.717) is 11.9 Å². The smallest absolute Gasteiger partial charge is 0.123 e. The summed E-state index contributed by atoms with van der Waals surface area (Å²) in [5, 5.41) is 3.44. The molecule has 90 valence electrons. The molecule has 0 radical (unpaired) electrons. The van der Waals surface area contributed by atoms with Crippen LogP contribution >= 0.6 is 11.6 Å². The number of nitrogens with one attached hydrogen (secondary N) is 1.